The monoisotopic (exact) mass is 318 g/mol. The molecule has 0 spiro atoms. The van der Waals surface area contributed by atoms with Gasteiger partial charge in [0.2, 0.25) is 0 Å². The van der Waals surface area contributed by atoms with Crippen LogP contribution < -0.4 is 10.6 Å². The molecular weight excluding hydrogens is 296 g/mol. The van der Waals surface area contributed by atoms with Crippen molar-refractivity contribution >= 4 is 17.3 Å². The number of methoxy groups -OCH3 is 1. The highest BCUT2D eigenvalue weighted by Gasteiger charge is 2.05. The van der Waals surface area contributed by atoms with E-state index < -0.39 is 0 Å². The fraction of sp³-hybridized carbons (Fsp3) is 0.375. The van der Waals surface area contributed by atoms with Crippen molar-refractivity contribution in [1.29, 1.82) is 0 Å². The van der Waals surface area contributed by atoms with Gasteiger partial charge in [-0.25, -0.2) is 4.98 Å². The SMILES string of the molecule is CN=C(NCCCOC)NCc1nc(-c2ccccc2)cs1. The Kier molecular flexibility index (Phi) is 6.86. The molecule has 0 radical (unpaired) electrons. The molecule has 0 aliphatic heterocycles. The molecule has 0 aliphatic rings. The summed E-state index contributed by atoms with van der Waals surface area (Å²) in [6.07, 6.45) is 0.951. The molecule has 0 bridgehead atoms. The van der Waals surface area contributed by atoms with E-state index in [1.54, 1.807) is 25.5 Å². The Morgan fingerprint density at radius 3 is 2.82 bits per heavy atom. The second-order valence-corrected chi connectivity index (χ2v) is 5.63. The minimum atomic E-state index is 0.668. The highest BCUT2D eigenvalue weighted by molar-refractivity contribution is 7.09. The predicted molar refractivity (Wildman–Crippen MR) is 92.2 cm³/mol. The van der Waals surface area contributed by atoms with Gasteiger partial charge in [0.15, 0.2) is 5.96 Å². The number of hydrogen-bond donors (Lipinski definition) is 2. The Hall–Kier alpha value is -1.92. The number of guanidine groups is 1. The molecule has 5 nitrogen and oxygen atoms in total. The first-order valence-electron chi connectivity index (χ1n) is 7.26. The van der Waals surface area contributed by atoms with Crippen molar-refractivity contribution in [2.24, 2.45) is 4.99 Å². The van der Waals surface area contributed by atoms with Crippen LogP contribution in [0.4, 0.5) is 0 Å². The lowest BCUT2D eigenvalue weighted by Crippen LogP contribution is -2.37. The lowest BCUT2D eigenvalue weighted by molar-refractivity contribution is 0.195. The van der Waals surface area contributed by atoms with Crippen LogP contribution in [0, 0.1) is 0 Å². The average molecular weight is 318 g/mol. The topological polar surface area (TPSA) is 58.5 Å². The summed E-state index contributed by atoms with van der Waals surface area (Å²) in [5.74, 6) is 0.785. The van der Waals surface area contributed by atoms with Crippen molar-refractivity contribution < 1.29 is 4.74 Å². The Bertz CT molecular complexity index is 583. The number of hydrogen-bond acceptors (Lipinski definition) is 4. The molecule has 6 heteroatoms. The smallest absolute Gasteiger partial charge is 0.191 e. The van der Waals surface area contributed by atoms with Gasteiger partial charge in [0, 0.05) is 38.3 Å². The molecule has 0 saturated heterocycles. The molecule has 1 heterocycles. The summed E-state index contributed by atoms with van der Waals surface area (Å²) < 4.78 is 5.02. The largest absolute Gasteiger partial charge is 0.385 e. The molecule has 0 aliphatic carbocycles. The first-order chi connectivity index (χ1) is 10.8. The van der Waals surface area contributed by atoms with Gasteiger partial charge in [-0.05, 0) is 6.42 Å². The summed E-state index contributed by atoms with van der Waals surface area (Å²) in [6, 6.07) is 10.2. The zero-order valence-corrected chi connectivity index (χ0v) is 13.8. The van der Waals surface area contributed by atoms with Crippen LogP contribution in [0.1, 0.15) is 11.4 Å². The summed E-state index contributed by atoms with van der Waals surface area (Å²) in [6.45, 7) is 2.25. The summed E-state index contributed by atoms with van der Waals surface area (Å²) in [5, 5.41) is 9.65. The number of aliphatic imine (C=N–C) groups is 1. The quantitative estimate of drug-likeness (QED) is 0.468. The maximum atomic E-state index is 5.02. The molecule has 0 amide bonds. The minimum Gasteiger partial charge on any atom is -0.385 e. The van der Waals surface area contributed by atoms with Crippen molar-refractivity contribution in [1.82, 2.24) is 15.6 Å². The number of benzene rings is 1. The van der Waals surface area contributed by atoms with Crippen LogP contribution in [0.2, 0.25) is 0 Å². The lowest BCUT2D eigenvalue weighted by Gasteiger charge is -2.10. The molecule has 0 unspecified atom stereocenters. The molecule has 2 aromatic rings. The van der Waals surface area contributed by atoms with E-state index in [2.05, 4.69) is 38.1 Å². The third kappa shape index (κ3) is 5.13. The highest BCUT2D eigenvalue weighted by atomic mass is 32.1. The van der Waals surface area contributed by atoms with E-state index in [9.17, 15) is 0 Å². The number of thiazole rings is 1. The van der Waals surface area contributed by atoms with Gasteiger partial charge in [0.1, 0.15) is 5.01 Å². The van der Waals surface area contributed by atoms with Crippen molar-refractivity contribution in [2.75, 3.05) is 27.3 Å². The maximum absolute atomic E-state index is 5.02. The molecule has 0 fully saturated rings. The number of aromatic nitrogens is 1. The summed E-state index contributed by atoms with van der Waals surface area (Å²) >= 11 is 1.65. The molecule has 1 aromatic carbocycles. The van der Waals surface area contributed by atoms with Gasteiger partial charge in [0.05, 0.1) is 12.2 Å². The van der Waals surface area contributed by atoms with Crippen LogP contribution in [0.3, 0.4) is 0 Å². The molecule has 2 rings (SSSR count). The van der Waals surface area contributed by atoms with Crippen LogP contribution in [0.15, 0.2) is 40.7 Å². The third-order valence-electron chi connectivity index (χ3n) is 3.07. The summed E-state index contributed by atoms with van der Waals surface area (Å²) in [4.78, 5) is 8.85. The van der Waals surface area contributed by atoms with Crippen LogP contribution in [0.25, 0.3) is 11.3 Å². The molecule has 0 atom stereocenters. The minimum absolute atomic E-state index is 0.668. The second kappa shape index (κ2) is 9.17. The van der Waals surface area contributed by atoms with Crippen LogP contribution in [-0.4, -0.2) is 38.3 Å². The average Bonchev–Trinajstić information content (AvgIpc) is 3.04. The fourth-order valence-corrected chi connectivity index (χ4v) is 2.68. The van der Waals surface area contributed by atoms with E-state index in [0.717, 1.165) is 41.8 Å². The van der Waals surface area contributed by atoms with Gasteiger partial charge in [-0.3, -0.25) is 4.99 Å². The Morgan fingerprint density at radius 2 is 2.09 bits per heavy atom. The molecule has 2 N–H and O–H groups in total. The van der Waals surface area contributed by atoms with E-state index >= 15 is 0 Å². The van der Waals surface area contributed by atoms with Crippen LogP contribution in [-0.2, 0) is 11.3 Å². The Labute approximate surface area is 135 Å². The molecule has 1 aromatic heterocycles. The predicted octanol–water partition coefficient (Wildman–Crippen LogP) is 2.51. The van der Waals surface area contributed by atoms with Gasteiger partial charge >= 0.3 is 0 Å². The fourth-order valence-electron chi connectivity index (χ4n) is 1.94. The maximum Gasteiger partial charge on any atom is 0.191 e. The van der Waals surface area contributed by atoms with E-state index in [4.69, 9.17) is 4.74 Å². The van der Waals surface area contributed by atoms with Gasteiger partial charge in [0.25, 0.3) is 0 Å². The number of ether oxygens (including phenoxy) is 1. The van der Waals surface area contributed by atoms with Crippen LogP contribution in [0.5, 0.6) is 0 Å². The van der Waals surface area contributed by atoms with Crippen molar-refractivity contribution in [3.8, 4) is 11.3 Å². The molecule has 0 saturated carbocycles. The summed E-state index contributed by atoms with van der Waals surface area (Å²) in [7, 11) is 3.47. The van der Waals surface area contributed by atoms with E-state index in [1.807, 2.05) is 18.2 Å². The van der Waals surface area contributed by atoms with Crippen molar-refractivity contribution in [3.63, 3.8) is 0 Å². The van der Waals surface area contributed by atoms with Crippen molar-refractivity contribution in [3.05, 3.63) is 40.7 Å². The Balaban J connectivity index is 1.82. The second-order valence-electron chi connectivity index (χ2n) is 4.69. The number of rotatable bonds is 7. The van der Waals surface area contributed by atoms with Crippen LogP contribution >= 0.6 is 11.3 Å². The number of nitrogens with zero attached hydrogens (tertiary/aromatic N) is 2. The number of nitrogens with one attached hydrogen (secondary N) is 2. The first kappa shape index (κ1) is 16.5. The molecular formula is C16H22N4OS. The van der Waals surface area contributed by atoms with Gasteiger partial charge in [-0.1, -0.05) is 30.3 Å². The highest BCUT2D eigenvalue weighted by Crippen LogP contribution is 2.21. The van der Waals surface area contributed by atoms with E-state index in [-0.39, 0.29) is 0 Å². The lowest BCUT2D eigenvalue weighted by atomic mass is 10.2. The summed E-state index contributed by atoms with van der Waals surface area (Å²) in [5.41, 5.74) is 2.16. The van der Waals surface area contributed by atoms with Gasteiger partial charge in [-0.15, -0.1) is 11.3 Å². The zero-order valence-electron chi connectivity index (χ0n) is 13.0. The normalized spacial score (nSPS) is 11.5. The Morgan fingerprint density at radius 1 is 1.27 bits per heavy atom. The van der Waals surface area contributed by atoms with Gasteiger partial charge in [-0.2, -0.15) is 0 Å². The van der Waals surface area contributed by atoms with Gasteiger partial charge < -0.3 is 15.4 Å². The van der Waals surface area contributed by atoms with E-state index in [0.29, 0.717) is 6.54 Å². The third-order valence-corrected chi connectivity index (χ3v) is 3.92. The first-order valence-corrected chi connectivity index (χ1v) is 8.14. The molecule has 22 heavy (non-hydrogen) atoms. The molecule has 118 valence electrons. The standard InChI is InChI=1S/C16H22N4OS/c1-17-16(18-9-6-10-21-2)19-11-15-20-14(12-22-15)13-7-4-3-5-8-13/h3-5,7-8,12H,6,9-11H2,1-2H3,(H2,17,18,19). The van der Waals surface area contributed by atoms with Crippen molar-refractivity contribution in [2.45, 2.75) is 13.0 Å². The van der Waals surface area contributed by atoms with E-state index in [1.165, 1.54) is 0 Å². The zero-order chi connectivity index (χ0) is 15.6.